The molecular weight excluding hydrogens is 378 g/mol. The Balaban J connectivity index is 1.85. The Morgan fingerprint density at radius 2 is 2.07 bits per heavy atom. The molecule has 0 saturated carbocycles. The number of aryl methyl sites for hydroxylation is 1. The van der Waals surface area contributed by atoms with Gasteiger partial charge in [0.25, 0.3) is 0 Å². The second-order valence-corrected chi connectivity index (χ2v) is 7.39. The predicted octanol–water partition coefficient (Wildman–Crippen LogP) is 4.26. The summed E-state index contributed by atoms with van der Waals surface area (Å²) in [6.45, 7) is 1.85. The fourth-order valence-electron chi connectivity index (χ4n) is 3.09. The van der Waals surface area contributed by atoms with E-state index in [9.17, 15) is 9.90 Å². The van der Waals surface area contributed by atoms with Crippen molar-refractivity contribution in [2.24, 2.45) is 0 Å². The zero-order valence-electron chi connectivity index (χ0n) is 16.0. The van der Waals surface area contributed by atoms with E-state index in [1.54, 1.807) is 0 Å². The highest BCUT2D eigenvalue weighted by atomic mass is 35.5. The van der Waals surface area contributed by atoms with E-state index in [1.165, 1.54) is 18.5 Å². The maximum Gasteiger partial charge on any atom is 0.337 e. The SMILES string of the molecule is CN(C)CCCCCn1nc(Nc2cnccc2C(=O)O)c2cc(Cl)ccc21. The number of hydrogen-bond acceptors (Lipinski definition) is 5. The zero-order valence-corrected chi connectivity index (χ0v) is 16.8. The van der Waals surface area contributed by atoms with Gasteiger partial charge in [-0.05, 0) is 57.7 Å². The number of benzene rings is 1. The summed E-state index contributed by atoms with van der Waals surface area (Å²) in [6.07, 6.45) is 6.21. The third-order valence-electron chi connectivity index (χ3n) is 4.49. The lowest BCUT2D eigenvalue weighted by molar-refractivity contribution is 0.0698. The number of halogens is 1. The number of carbonyl (C=O) groups is 1. The van der Waals surface area contributed by atoms with Crippen molar-refractivity contribution in [2.75, 3.05) is 26.0 Å². The van der Waals surface area contributed by atoms with Crippen LogP contribution in [0.25, 0.3) is 10.9 Å². The van der Waals surface area contributed by atoms with Crippen LogP contribution in [0.5, 0.6) is 0 Å². The smallest absolute Gasteiger partial charge is 0.337 e. The first-order valence-electron chi connectivity index (χ1n) is 9.21. The third-order valence-corrected chi connectivity index (χ3v) is 4.73. The van der Waals surface area contributed by atoms with Crippen LogP contribution >= 0.6 is 11.6 Å². The van der Waals surface area contributed by atoms with Gasteiger partial charge in [0.1, 0.15) is 0 Å². The van der Waals surface area contributed by atoms with Crippen LogP contribution in [-0.2, 0) is 6.54 Å². The zero-order chi connectivity index (χ0) is 20.1. The van der Waals surface area contributed by atoms with Crippen LogP contribution in [0.1, 0.15) is 29.6 Å². The number of pyridine rings is 1. The summed E-state index contributed by atoms with van der Waals surface area (Å²) in [5.41, 5.74) is 1.50. The fourth-order valence-corrected chi connectivity index (χ4v) is 3.26. The monoisotopic (exact) mass is 401 g/mol. The normalized spacial score (nSPS) is 11.3. The molecule has 1 aromatic carbocycles. The average molecular weight is 402 g/mol. The van der Waals surface area contributed by atoms with Crippen LogP contribution in [0.4, 0.5) is 11.5 Å². The van der Waals surface area contributed by atoms with Crippen LogP contribution in [0.2, 0.25) is 5.02 Å². The highest BCUT2D eigenvalue weighted by Crippen LogP contribution is 2.29. The van der Waals surface area contributed by atoms with Crippen molar-refractivity contribution < 1.29 is 9.90 Å². The number of anilines is 2. The van der Waals surface area contributed by atoms with Gasteiger partial charge in [-0.1, -0.05) is 18.0 Å². The third kappa shape index (κ3) is 4.79. The second kappa shape index (κ2) is 9.03. The quantitative estimate of drug-likeness (QED) is 0.521. The first-order valence-corrected chi connectivity index (χ1v) is 9.58. The van der Waals surface area contributed by atoms with Gasteiger partial charge < -0.3 is 15.3 Å². The summed E-state index contributed by atoms with van der Waals surface area (Å²) in [7, 11) is 4.15. The Bertz CT molecular complexity index is 970. The fraction of sp³-hybridized carbons (Fsp3) is 0.350. The molecule has 148 valence electrons. The number of carboxylic acid groups (broad SMARTS) is 1. The van der Waals surface area contributed by atoms with E-state index in [0.717, 1.165) is 43.3 Å². The Morgan fingerprint density at radius 1 is 1.25 bits per heavy atom. The largest absolute Gasteiger partial charge is 0.478 e. The van der Waals surface area contributed by atoms with Gasteiger partial charge in [0, 0.05) is 23.2 Å². The van der Waals surface area contributed by atoms with E-state index in [1.807, 2.05) is 22.9 Å². The summed E-state index contributed by atoms with van der Waals surface area (Å²) in [4.78, 5) is 17.7. The van der Waals surface area contributed by atoms with Gasteiger partial charge in [-0.25, -0.2) is 4.79 Å². The number of hydrogen-bond donors (Lipinski definition) is 2. The number of rotatable bonds is 9. The summed E-state index contributed by atoms with van der Waals surface area (Å²) < 4.78 is 1.94. The van der Waals surface area contributed by atoms with Crippen LogP contribution in [0, 0.1) is 0 Å². The van der Waals surface area contributed by atoms with E-state index in [4.69, 9.17) is 11.6 Å². The van der Waals surface area contributed by atoms with Crippen molar-refractivity contribution in [3.05, 3.63) is 47.2 Å². The minimum Gasteiger partial charge on any atom is -0.478 e. The van der Waals surface area contributed by atoms with Gasteiger partial charge in [0.2, 0.25) is 0 Å². The van der Waals surface area contributed by atoms with E-state index in [0.29, 0.717) is 16.5 Å². The van der Waals surface area contributed by atoms with Gasteiger partial charge in [-0.15, -0.1) is 0 Å². The number of unbranched alkanes of at least 4 members (excludes halogenated alkanes) is 2. The maximum atomic E-state index is 11.5. The number of carboxylic acids is 1. The van der Waals surface area contributed by atoms with E-state index in [-0.39, 0.29) is 5.56 Å². The molecule has 0 aliphatic rings. The highest BCUT2D eigenvalue weighted by Gasteiger charge is 2.15. The van der Waals surface area contributed by atoms with Crippen LogP contribution in [-0.4, -0.2) is 51.4 Å². The molecule has 2 heterocycles. The van der Waals surface area contributed by atoms with E-state index in [2.05, 4.69) is 34.4 Å². The van der Waals surface area contributed by atoms with Gasteiger partial charge in [-0.3, -0.25) is 9.67 Å². The lowest BCUT2D eigenvalue weighted by Crippen LogP contribution is -2.13. The van der Waals surface area contributed by atoms with Gasteiger partial charge >= 0.3 is 5.97 Å². The molecule has 0 radical (unpaired) electrons. The summed E-state index contributed by atoms with van der Waals surface area (Å²) in [5, 5.41) is 18.6. The van der Waals surface area contributed by atoms with Crippen LogP contribution in [0.3, 0.4) is 0 Å². The minimum absolute atomic E-state index is 0.142. The molecule has 28 heavy (non-hydrogen) atoms. The maximum absolute atomic E-state index is 11.5. The summed E-state index contributed by atoms with van der Waals surface area (Å²) in [6, 6.07) is 7.08. The number of fused-ring (bicyclic) bond motifs is 1. The van der Waals surface area contributed by atoms with Gasteiger partial charge in [0.15, 0.2) is 5.82 Å². The Hall–Kier alpha value is -2.64. The molecule has 3 aromatic rings. The van der Waals surface area contributed by atoms with E-state index < -0.39 is 5.97 Å². The number of nitrogens with one attached hydrogen (secondary N) is 1. The molecule has 2 N–H and O–H groups in total. The van der Waals surface area contributed by atoms with Gasteiger partial charge in [0.05, 0.1) is 23.0 Å². The molecule has 0 atom stereocenters. The lowest BCUT2D eigenvalue weighted by atomic mass is 10.2. The average Bonchev–Trinajstić information content (AvgIpc) is 2.98. The second-order valence-electron chi connectivity index (χ2n) is 6.95. The molecule has 0 aliphatic heterocycles. The Labute approximate surface area is 168 Å². The first-order chi connectivity index (χ1) is 13.5. The van der Waals surface area contributed by atoms with Crippen molar-refractivity contribution in [3.8, 4) is 0 Å². The summed E-state index contributed by atoms with van der Waals surface area (Å²) in [5.74, 6) is -0.450. The minimum atomic E-state index is -1.02. The Kier molecular flexibility index (Phi) is 6.49. The molecule has 0 bridgehead atoms. The molecular formula is C20H24ClN5O2. The molecule has 0 unspecified atom stereocenters. The van der Waals surface area contributed by atoms with Gasteiger partial charge in [-0.2, -0.15) is 5.10 Å². The van der Waals surface area contributed by atoms with E-state index >= 15 is 0 Å². The molecule has 2 aromatic heterocycles. The highest BCUT2D eigenvalue weighted by molar-refractivity contribution is 6.31. The first kappa shape index (κ1) is 20.1. The molecule has 0 amide bonds. The topological polar surface area (TPSA) is 83.3 Å². The molecule has 0 saturated heterocycles. The van der Waals surface area contributed by atoms with Crippen LogP contribution < -0.4 is 5.32 Å². The van der Waals surface area contributed by atoms with Crippen molar-refractivity contribution in [1.29, 1.82) is 0 Å². The van der Waals surface area contributed by atoms with Crippen molar-refractivity contribution in [3.63, 3.8) is 0 Å². The van der Waals surface area contributed by atoms with Crippen LogP contribution in [0.15, 0.2) is 36.7 Å². The Morgan fingerprint density at radius 3 is 2.82 bits per heavy atom. The molecule has 7 nitrogen and oxygen atoms in total. The number of nitrogens with zero attached hydrogens (tertiary/aromatic N) is 4. The standard InChI is InChI=1S/C20H24ClN5O2/c1-25(2)10-4-3-5-11-26-18-7-6-14(21)12-16(18)19(24-26)23-17-13-22-9-8-15(17)20(27)28/h6-9,12-13H,3-5,10-11H2,1-2H3,(H,23,24)(H,27,28). The molecule has 0 aliphatic carbocycles. The molecule has 3 rings (SSSR count). The lowest BCUT2D eigenvalue weighted by Gasteiger charge is -2.09. The predicted molar refractivity (Wildman–Crippen MR) is 112 cm³/mol. The number of aromatic nitrogens is 3. The van der Waals surface area contributed by atoms with Crippen molar-refractivity contribution in [2.45, 2.75) is 25.8 Å². The molecule has 0 fully saturated rings. The molecule has 0 spiro atoms. The molecule has 8 heteroatoms. The number of aromatic carboxylic acids is 1. The summed E-state index contributed by atoms with van der Waals surface area (Å²) >= 11 is 6.18. The van der Waals surface area contributed by atoms with Crippen molar-refractivity contribution in [1.82, 2.24) is 19.7 Å². The van der Waals surface area contributed by atoms with Crippen molar-refractivity contribution >= 4 is 40.0 Å².